The summed E-state index contributed by atoms with van der Waals surface area (Å²) in [7, 11) is 0. The molecular formula is C4H2N5. The first kappa shape index (κ1) is 4.37. The predicted molar refractivity (Wildman–Crippen MR) is 27.4 cm³/mol. The molecular weight excluding hydrogens is 118 g/mol. The topological polar surface area (TPSA) is 56.0 Å². The molecule has 5 nitrogen and oxygen atoms in total. The van der Waals surface area contributed by atoms with E-state index in [9.17, 15) is 0 Å². The van der Waals surface area contributed by atoms with Crippen molar-refractivity contribution >= 4 is 5.65 Å². The van der Waals surface area contributed by atoms with E-state index in [4.69, 9.17) is 0 Å². The fraction of sp³-hybridized carbons (Fsp3) is 0. The molecule has 43 valence electrons. The minimum atomic E-state index is 0.657. The standard InChI is InChI=1S/C4H2N5/c1-2-5-3-9-4(1)6-7-8-9/h1-2H. The van der Waals surface area contributed by atoms with Crippen LogP contribution in [0.4, 0.5) is 0 Å². The third-order valence-electron chi connectivity index (χ3n) is 0.944. The highest BCUT2D eigenvalue weighted by Crippen LogP contribution is 1.87. The van der Waals surface area contributed by atoms with Crippen LogP contribution in [0, 0.1) is 6.33 Å². The van der Waals surface area contributed by atoms with Crippen LogP contribution in [-0.2, 0) is 0 Å². The lowest BCUT2D eigenvalue weighted by atomic mass is 10.6. The van der Waals surface area contributed by atoms with Gasteiger partial charge in [-0.1, -0.05) is 0 Å². The van der Waals surface area contributed by atoms with Crippen LogP contribution in [0.1, 0.15) is 0 Å². The quantitative estimate of drug-likeness (QED) is 0.462. The fourth-order valence-corrected chi connectivity index (χ4v) is 0.561. The average molecular weight is 120 g/mol. The van der Waals surface area contributed by atoms with Crippen LogP contribution in [-0.4, -0.2) is 25.0 Å². The van der Waals surface area contributed by atoms with Gasteiger partial charge in [0.15, 0.2) is 5.65 Å². The summed E-state index contributed by atoms with van der Waals surface area (Å²) in [6.45, 7) is 0. The van der Waals surface area contributed by atoms with Gasteiger partial charge < -0.3 is 0 Å². The van der Waals surface area contributed by atoms with Crippen LogP contribution >= 0.6 is 0 Å². The molecule has 0 saturated heterocycles. The van der Waals surface area contributed by atoms with Crippen molar-refractivity contribution < 1.29 is 0 Å². The summed E-state index contributed by atoms with van der Waals surface area (Å²) in [6.07, 6.45) is 4.15. The highest BCUT2D eigenvalue weighted by molar-refractivity contribution is 5.30. The molecule has 0 amide bonds. The van der Waals surface area contributed by atoms with Gasteiger partial charge in [-0.15, -0.1) is 5.10 Å². The normalized spacial score (nSPS) is 10.2. The van der Waals surface area contributed by atoms with E-state index >= 15 is 0 Å². The molecule has 0 fully saturated rings. The second-order valence-electron chi connectivity index (χ2n) is 1.49. The van der Waals surface area contributed by atoms with E-state index in [0.717, 1.165) is 0 Å². The van der Waals surface area contributed by atoms with Crippen LogP contribution in [0.2, 0.25) is 0 Å². The van der Waals surface area contributed by atoms with Crippen LogP contribution in [0.5, 0.6) is 0 Å². The zero-order chi connectivity index (χ0) is 6.10. The van der Waals surface area contributed by atoms with E-state index in [1.165, 1.54) is 4.52 Å². The SMILES string of the molecule is [c]1nccc2nnnn12. The monoisotopic (exact) mass is 120 g/mol. The summed E-state index contributed by atoms with van der Waals surface area (Å²) in [4.78, 5) is 3.68. The Labute approximate surface area is 50.3 Å². The predicted octanol–water partition coefficient (Wildman–Crippen LogP) is -0.681. The molecule has 1 radical (unpaired) electrons. The molecule has 0 aliphatic heterocycles. The van der Waals surface area contributed by atoms with E-state index < -0.39 is 0 Å². The highest BCUT2D eigenvalue weighted by atomic mass is 15.5. The Morgan fingerprint density at radius 3 is 3.44 bits per heavy atom. The molecule has 0 spiro atoms. The number of hydrogen-bond donors (Lipinski definition) is 0. The van der Waals surface area contributed by atoms with Crippen LogP contribution < -0.4 is 0 Å². The molecule has 2 rings (SSSR count). The summed E-state index contributed by atoms with van der Waals surface area (Å²) < 4.78 is 1.38. The van der Waals surface area contributed by atoms with Gasteiger partial charge >= 0.3 is 0 Å². The smallest absolute Gasteiger partial charge is 0.203 e. The van der Waals surface area contributed by atoms with Gasteiger partial charge in [0.2, 0.25) is 6.33 Å². The van der Waals surface area contributed by atoms with E-state index in [1.54, 1.807) is 12.3 Å². The van der Waals surface area contributed by atoms with Crippen molar-refractivity contribution in [3.05, 3.63) is 18.6 Å². The molecule has 5 heteroatoms. The molecule has 2 heterocycles. The molecule has 0 aliphatic carbocycles. The largest absolute Gasteiger partial charge is 0.234 e. The summed E-state index contributed by atoms with van der Waals surface area (Å²) in [5.74, 6) is 0. The second-order valence-corrected chi connectivity index (χ2v) is 1.49. The first-order chi connectivity index (χ1) is 4.47. The van der Waals surface area contributed by atoms with E-state index in [1.807, 2.05) is 0 Å². The minimum Gasteiger partial charge on any atom is -0.234 e. The minimum absolute atomic E-state index is 0.657. The van der Waals surface area contributed by atoms with Crippen molar-refractivity contribution in [1.82, 2.24) is 25.0 Å². The van der Waals surface area contributed by atoms with Crippen molar-refractivity contribution in [2.45, 2.75) is 0 Å². The molecule has 0 bridgehead atoms. The van der Waals surface area contributed by atoms with Crippen LogP contribution in [0.3, 0.4) is 0 Å². The summed E-state index contributed by atoms with van der Waals surface area (Å²) in [5.41, 5.74) is 0.657. The molecule has 0 saturated carbocycles. The Morgan fingerprint density at radius 2 is 2.56 bits per heavy atom. The Hall–Kier alpha value is -1.52. The highest BCUT2D eigenvalue weighted by Gasteiger charge is 1.90. The Balaban J connectivity index is 2.95. The van der Waals surface area contributed by atoms with Crippen molar-refractivity contribution in [1.29, 1.82) is 0 Å². The Morgan fingerprint density at radius 1 is 1.56 bits per heavy atom. The van der Waals surface area contributed by atoms with Gasteiger partial charge in [0.25, 0.3) is 0 Å². The lowest BCUT2D eigenvalue weighted by Crippen LogP contribution is -1.87. The molecule has 2 aromatic heterocycles. The maximum absolute atomic E-state index is 3.68. The van der Waals surface area contributed by atoms with Gasteiger partial charge in [-0.05, 0) is 10.4 Å². The van der Waals surface area contributed by atoms with Crippen LogP contribution in [0.15, 0.2) is 12.3 Å². The number of nitrogens with zero attached hydrogens (tertiary/aromatic N) is 5. The molecule has 9 heavy (non-hydrogen) atoms. The number of rotatable bonds is 0. The van der Waals surface area contributed by atoms with Crippen molar-refractivity contribution in [2.24, 2.45) is 0 Å². The number of tetrazole rings is 1. The molecule has 2 aromatic rings. The molecule has 0 atom stereocenters. The second kappa shape index (κ2) is 1.48. The van der Waals surface area contributed by atoms with Gasteiger partial charge in [-0.25, -0.2) is 4.98 Å². The van der Waals surface area contributed by atoms with Crippen molar-refractivity contribution in [2.75, 3.05) is 0 Å². The summed E-state index contributed by atoms with van der Waals surface area (Å²) in [5, 5.41) is 10.6. The molecule has 0 unspecified atom stereocenters. The maximum Gasteiger partial charge on any atom is 0.203 e. The van der Waals surface area contributed by atoms with Gasteiger partial charge in [0.05, 0.1) is 0 Å². The zero-order valence-electron chi connectivity index (χ0n) is 4.39. The Bertz CT molecular complexity index is 283. The van der Waals surface area contributed by atoms with Gasteiger partial charge in [-0.2, -0.15) is 4.52 Å². The molecule has 0 aromatic carbocycles. The fourth-order valence-electron chi connectivity index (χ4n) is 0.561. The molecule has 0 N–H and O–H groups in total. The third-order valence-corrected chi connectivity index (χ3v) is 0.944. The zero-order valence-corrected chi connectivity index (χ0v) is 4.39. The van der Waals surface area contributed by atoms with Crippen molar-refractivity contribution in [3.63, 3.8) is 0 Å². The van der Waals surface area contributed by atoms with Crippen molar-refractivity contribution in [3.8, 4) is 0 Å². The van der Waals surface area contributed by atoms with E-state index in [0.29, 0.717) is 5.65 Å². The van der Waals surface area contributed by atoms with Gasteiger partial charge in [0, 0.05) is 12.3 Å². The van der Waals surface area contributed by atoms with E-state index in [2.05, 4.69) is 26.8 Å². The number of fused-ring (bicyclic) bond motifs is 1. The molecule has 0 aliphatic rings. The number of hydrogen-bond acceptors (Lipinski definition) is 4. The summed E-state index contributed by atoms with van der Waals surface area (Å²) >= 11 is 0. The lowest BCUT2D eigenvalue weighted by Gasteiger charge is -1.80. The summed E-state index contributed by atoms with van der Waals surface area (Å²) in [6, 6.07) is 1.70. The Kier molecular flexibility index (Phi) is 0.717. The van der Waals surface area contributed by atoms with E-state index in [-0.39, 0.29) is 0 Å². The van der Waals surface area contributed by atoms with Crippen LogP contribution in [0.25, 0.3) is 5.65 Å². The van der Waals surface area contributed by atoms with Gasteiger partial charge in [0.1, 0.15) is 0 Å². The first-order valence-corrected chi connectivity index (χ1v) is 2.37. The maximum atomic E-state index is 3.68. The van der Waals surface area contributed by atoms with Gasteiger partial charge in [-0.3, -0.25) is 0 Å². The average Bonchev–Trinajstić information content (AvgIpc) is 2.33. The lowest BCUT2D eigenvalue weighted by molar-refractivity contribution is 0.804. The third kappa shape index (κ3) is 0.543. The first-order valence-electron chi connectivity index (χ1n) is 2.37. The number of aromatic nitrogens is 5.